The summed E-state index contributed by atoms with van der Waals surface area (Å²) in [4.78, 5) is 8.39. The third kappa shape index (κ3) is 5.64. The van der Waals surface area contributed by atoms with Gasteiger partial charge in [-0.05, 0) is 37.0 Å². The molecule has 0 N–H and O–H groups in total. The summed E-state index contributed by atoms with van der Waals surface area (Å²) in [6.07, 6.45) is 5.63. The van der Waals surface area contributed by atoms with Crippen molar-refractivity contribution >= 4 is 10.0 Å². The molecule has 146 valence electrons. The molecule has 3 rings (SSSR count). The molecule has 7 nitrogen and oxygen atoms in total. The number of rotatable bonds is 8. The van der Waals surface area contributed by atoms with Crippen molar-refractivity contribution in [3.05, 3.63) is 48.3 Å². The van der Waals surface area contributed by atoms with Gasteiger partial charge in [0.1, 0.15) is 18.5 Å². The molecule has 2 heterocycles. The van der Waals surface area contributed by atoms with Crippen molar-refractivity contribution < 1.29 is 17.9 Å². The lowest BCUT2D eigenvalue weighted by molar-refractivity contribution is 0.119. The molecule has 1 aliphatic heterocycles. The van der Waals surface area contributed by atoms with E-state index in [1.54, 1.807) is 24.5 Å². The minimum absolute atomic E-state index is 0.0592. The normalized spacial score (nSPS) is 18.2. The second kappa shape index (κ2) is 9.14. The van der Waals surface area contributed by atoms with Gasteiger partial charge in [0.2, 0.25) is 10.0 Å². The first kappa shape index (κ1) is 19.6. The molecule has 0 bridgehead atoms. The molecule has 1 aromatic heterocycles. The number of aromatic nitrogens is 2. The summed E-state index contributed by atoms with van der Waals surface area (Å²) in [6.45, 7) is 2.97. The molecule has 1 unspecified atom stereocenters. The number of para-hydroxylation sites is 1. The largest absolute Gasteiger partial charge is 0.492 e. The summed E-state index contributed by atoms with van der Waals surface area (Å²) in [5.74, 6) is 0.608. The van der Waals surface area contributed by atoms with Gasteiger partial charge >= 0.3 is 6.01 Å². The van der Waals surface area contributed by atoms with Crippen molar-refractivity contribution in [2.24, 2.45) is 0 Å². The topological polar surface area (TPSA) is 81.6 Å². The highest BCUT2D eigenvalue weighted by atomic mass is 32.2. The molecule has 27 heavy (non-hydrogen) atoms. The highest BCUT2D eigenvalue weighted by Crippen LogP contribution is 2.18. The smallest absolute Gasteiger partial charge is 0.316 e. The van der Waals surface area contributed by atoms with Gasteiger partial charge < -0.3 is 9.47 Å². The summed E-state index contributed by atoms with van der Waals surface area (Å²) >= 11 is 0. The quantitative estimate of drug-likeness (QED) is 0.687. The minimum atomic E-state index is -3.40. The van der Waals surface area contributed by atoms with Crippen LogP contribution in [-0.4, -0.2) is 54.2 Å². The summed E-state index contributed by atoms with van der Waals surface area (Å²) in [5, 5.41) is 0. The zero-order valence-corrected chi connectivity index (χ0v) is 16.3. The van der Waals surface area contributed by atoms with Gasteiger partial charge in [0, 0.05) is 18.9 Å². The lowest BCUT2D eigenvalue weighted by atomic mass is 10.1. The zero-order valence-electron chi connectivity index (χ0n) is 15.5. The van der Waals surface area contributed by atoms with Crippen LogP contribution in [0, 0.1) is 0 Å². The van der Waals surface area contributed by atoms with Gasteiger partial charge in [-0.25, -0.2) is 18.4 Å². The Morgan fingerprint density at radius 1 is 1.19 bits per heavy atom. The van der Waals surface area contributed by atoms with Crippen LogP contribution in [0.4, 0.5) is 0 Å². The first-order chi connectivity index (χ1) is 13.1. The fraction of sp³-hybridized carbons (Fsp3) is 0.474. The second-order valence-electron chi connectivity index (χ2n) is 6.45. The van der Waals surface area contributed by atoms with Crippen LogP contribution in [0.3, 0.4) is 0 Å². The van der Waals surface area contributed by atoms with E-state index in [0.29, 0.717) is 24.8 Å². The van der Waals surface area contributed by atoms with Gasteiger partial charge in [0.15, 0.2) is 0 Å². The minimum Gasteiger partial charge on any atom is -0.492 e. The Balaban J connectivity index is 1.52. The highest BCUT2D eigenvalue weighted by Gasteiger charge is 2.30. The van der Waals surface area contributed by atoms with Gasteiger partial charge in [-0.15, -0.1) is 0 Å². The van der Waals surface area contributed by atoms with Crippen LogP contribution in [-0.2, 0) is 16.4 Å². The van der Waals surface area contributed by atoms with E-state index in [0.717, 1.165) is 24.8 Å². The standard InChI is InChI=1S/C19H25N3O4S/c1-2-16-13-20-19(21-14-16)26-18-9-6-10-22(15-18)27(23,24)12-11-25-17-7-4-3-5-8-17/h3-5,7-8,13-14,18H,2,6,9-12,15H2,1H3. The van der Waals surface area contributed by atoms with E-state index in [2.05, 4.69) is 9.97 Å². The number of ether oxygens (including phenoxy) is 2. The Kier molecular flexibility index (Phi) is 6.63. The SMILES string of the molecule is CCc1cnc(OC2CCCN(S(=O)(=O)CCOc3ccccc3)C2)nc1. The van der Waals surface area contributed by atoms with Gasteiger partial charge in [-0.3, -0.25) is 0 Å². The summed E-state index contributed by atoms with van der Waals surface area (Å²) < 4.78 is 38.0. The van der Waals surface area contributed by atoms with Gasteiger partial charge in [-0.2, -0.15) is 4.31 Å². The van der Waals surface area contributed by atoms with Gasteiger partial charge in [0.05, 0.1) is 12.3 Å². The van der Waals surface area contributed by atoms with E-state index in [9.17, 15) is 8.42 Å². The summed E-state index contributed by atoms with van der Waals surface area (Å²) in [5.41, 5.74) is 1.04. The third-order valence-electron chi connectivity index (χ3n) is 4.45. The van der Waals surface area contributed by atoms with Crippen LogP contribution in [0.5, 0.6) is 11.8 Å². The number of hydrogen-bond donors (Lipinski definition) is 0. The number of piperidine rings is 1. The monoisotopic (exact) mass is 391 g/mol. The molecule has 0 saturated carbocycles. The maximum Gasteiger partial charge on any atom is 0.316 e. The molecular formula is C19H25N3O4S. The molecule has 2 aromatic rings. The van der Waals surface area contributed by atoms with Crippen molar-refractivity contribution in [2.45, 2.75) is 32.3 Å². The second-order valence-corrected chi connectivity index (χ2v) is 8.53. The summed E-state index contributed by atoms with van der Waals surface area (Å²) in [7, 11) is -3.40. The lowest BCUT2D eigenvalue weighted by Gasteiger charge is -2.31. The number of hydrogen-bond acceptors (Lipinski definition) is 6. The van der Waals surface area contributed by atoms with Crippen LogP contribution in [0.1, 0.15) is 25.3 Å². The molecule has 0 radical (unpaired) electrons. The van der Waals surface area contributed by atoms with E-state index in [1.165, 1.54) is 4.31 Å². The van der Waals surface area contributed by atoms with E-state index < -0.39 is 10.0 Å². The van der Waals surface area contributed by atoms with E-state index in [4.69, 9.17) is 9.47 Å². The average molecular weight is 391 g/mol. The molecule has 0 aliphatic carbocycles. The van der Waals surface area contributed by atoms with Crippen LogP contribution in [0.25, 0.3) is 0 Å². The van der Waals surface area contributed by atoms with Crippen LogP contribution in [0.2, 0.25) is 0 Å². The molecule has 0 amide bonds. The number of sulfonamides is 1. The molecule has 0 spiro atoms. The van der Waals surface area contributed by atoms with Crippen molar-refractivity contribution in [3.63, 3.8) is 0 Å². The molecule has 8 heteroatoms. The lowest BCUT2D eigenvalue weighted by Crippen LogP contribution is -2.45. The predicted molar refractivity (Wildman–Crippen MR) is 102 cm³/mol. The van der Waals surface area contributed by atoms with Crippen molar-refractivity contribution in [3.8, 4) is 11.8 Å². The van der Waals surface area contributed by atoms with Crippen LogP contribution < -0.4 is 9.47 Å². The molecular weight excluding hydrogens is 366 g/mol. The molecule has 1 aromatic carbocycles. The Bertz CT molecular complexity index is 813. The Labute approximate surface area is 160 Å². The maximum atomic E-state index is 12.6. The number of aryl methyl sites for hydroxylation is 1. The molecule has 1 atom stereocenters. The Morgan fingerprint density at radius 2 is 1.93 bits per heavy atom. The average Bonchev–Trinajstić information content (AvgIpc) is 2.69. The first-order valence-electron chi connectivity index (χ1n) is 9.20. The first-order valence-corrected chi connectivity index (χ1v) is 10.8. The van der Waals surface area contributed by atoms with Gasteiger partial charge in [0.25, 0.3) is 0 Å². The van der Waals surface area contributed by atoms with Crippen molar-refractivity contribution in [2.75, 3.05) is 25.4 Å². The zero-order chi connectivity index (χ0) is 19.1. The van der Waals surface area contributed by atoms with E-state index in [-0.39, 0.29) is 18.5 Å². The van der Waals surface area contributed by atoms with E-state index in [1.807, 2.05) is 25.1 Å². The van der Waals surface area contributed by atoms with E-state index >= 15 is 0 Å². The maximum absolute atomic E-state index is 12.6. The molecule has 1 saturated heterocycles. The van der Waals surface area contributed by atoms with Crippen molar-refractivity contribution in [1.29, 1.82) is 0 Å². The van der Waals surface area contributed by atoms with Gasteiger partial charge in [-0.1, -0.05) is 25.1 Å². The molecule has 1 aliphatic rings. The predicted octanol–water partition coefficient (Wildman–Crippen LogP) is 2.29. The van der Waals surface area contributed by atoms with Crippen LogP contribution in [0.15, 0.2) is 42.7 Å². The third-order valence-corrected chi connectivity index (χ3v) is 6.25. The fourth-order valence-electron chi connectivity index (χ4n) is 2.90. The fourth-order valence-corrected chi connectivity index (χ4v) is 4.25. The van der Waals surface area contributed by atoms with Crippen molar-refractivity contribution in [1.82, 2.24) is 14.3 Å². The summed E-state index contributed by atoms with van der Waals surface area (Å²) in [6, 6.07) is 9.50. The highest BCUT2D eigenvalue weighted by molar-refractivity contribution is 7.89. The molecule has 1 fully saturated rings. The Hall–Kier alpha value is -2.19. The number of benzene rings is 1. The number of nitrogens with zero attached hydrogens (tertiary/aromatic N) is 3. The van der Waals surface area contributed by atoms with Crippen LogP contribution >= 0.6 is 0 Å². The Morgan fingerprint density at radius 3 is 2.63 bits per heavy atom.